The molecule has 0 atom stereocenters. The number of nitrogen functional groups attached to an aromatic ring is 1. The van der Waals surface area contributed by atoms with Crippen LogP contribution in [-0.2, 0) is 0 Å². The van der Waals surface area contributed by atoms with Gasteiger partial charge in [0.2, 0.25) is 0 Å². The first-order chi connectivity index (χ1) is 9.65. The van der Waals surface area contributed by atoms with Crippen LogP contribution in [0.5, 0.6) is 0 Å². The Morgan fingerprint density at radius 2 is 2.20 bits per heavy atom. The lowest BCUT2D eigenvalue weighted by molar-refractivity contribution is 0.642. The molecule has 3 rings (SSSR count). The zero-order valence-electron chi connectivity index (χ0n) is 10.8. The number of nitrogens with two attached hydrogens (primary N) is 2. The molecule has 5 N–H and O–H groups in total. The molecule has 0 spiro atoms. The second kappa shape index (κ2) is 4.76. The number of pyridine rings is 1. The molecule has 0 amide bonds. The lowest BCUT2D eigenvalue weighted by Gasteiger charge is -2.02. The van der Waals surface area contributed by atoms with E-state index in [2.05, 4.69) is 15.1 Å². The van der Waals surface area contributed by atoms with Gasteiger partial charge in [-0.1, -0.05) is 0 Å². The lowest BCUT2D eigenvalue weighted by Crippen LogP contribution is -2.11. The Hall–Kier alpha value is -2.70. The van der Waals surface area contributed by atoms with Gasteiger partial charge in [0.1, 0.15) is 11.7 Å². The second-order valence-corrected chi connectivity index (χ2v) is 4.76. The normalized spacial score (nSPS) is 15.3. The number of aromatic nitrogens is 3. The van der Waals surface area contributed by atoms with Crippen molar-refractivity contribution in [3.63, 3.8) is 0 Å². The Bertz CT molecular complexity index is 682. The van der Waals surface area contributed by atoms with Gasteiger partial charge in [0, 0.05) is 11.8 Å². The van der Waals surface area contributed by atoms with Crippen molar-refractivity contribution in [2.45, 2.75) is 18.9 Å². The van der Waals surface area contributed by atoms with E-state index in [1.54, 1.807) is 18.3 Å². The monoisotopic (exact) mass is 269 g/mol. The minimum atomic E-state index is 0.0859. The number of amidine groups is 1. The van der Waals surface area contributed by atoms with Crippen molar-refractivity contribution in [3.05, 3.63) is 24.5 Å². The number of aliphatic imine (C=N–C) groups is 1. The first-order valence-corrected chi connectivity index (χ1v) is 6.32. The summed E-state index contributed by atoms with van der Waals surface area (Å²) in [5.41, 5.74) is 13.2. The highest BCUT2D eigenvalue weighted by molar-refractivity contribution is 6.28. The molecule has 2 aromatic heterocycles. The first-order valence-electron chi connectivity index (χ1n) is 6.32. The van der Waals surface area contributed by atoms with E-state index < -0.39 is 0 Å². The summed E-state index contributed by atoms with van der Waals surface area (Å²) in [5, 5.41) is 11.4. The van der Waals surface area contributed by atoms with Gasteiger partial charge in [-0.2, -0.15) is 5.10 Å². The Morgan fingerprint density at radius 3 is 2.90 bits per heavy atom. The smallest absolute Gasteiger partial charge is 0.157 e. The van der Waals surface area contributed by atoms with E-state index >= 15 is 0 Å². The van der Waals surface area contributed by atoms with E-state index in [1.807, 2.05) is 10.9 Å². The van der Waals surface area contributed by atoms with Gasteiger partial charge in [-0.25, -0.2) is 9.98 Å². The summed E-state index contributed by atoms with van der Waals surface area (Å²) in [6.07, 6.45) is 7.14. The third kappa shape index (κ3) is 2.51. The largest absolute Gasteiger partial charge is 0.384 e. The molecule has 7 heteroatoms. The van der Waals surface area contributed by atoms with Crippen LogP contribution < -0.4 is 11.5 Å². The van der Waals surface area contributed by atoms with E-state index in [4.69, 9.17) is 16.9 Å². The highest BCUT2D eigenvalue weighted by atomic mass is 15.3. The first kappa shape index (κ1) is 12.3. The molecule has 20 heavy (non-hydrogen) atoms. The Morgan fingerprint density at radius 1 is 1.40 bits per heavy atom. The number of anilines is 1. The van der Waals surface area contributed by atoms with Gasteiger partial charge in [0.25, 0.3) is 0 Å². The quantitative estimate of drug-likeness (QED) is 0.575. The summed E-state index contributed by atoms with van der Waals surface area (Å²) < 4.78 is 1.97. The van der Waals surface area contributed by atoms with E-state index in [1.165, 1.54) is 12.8 Å². The van der Waals surface area contributed by atoms with Crippen LogP contribution in [-0.4, -0.2) is 26.8 Å². The molecule has 0 unspecified atom stereocenters. The van der Waals surface area contributed by atoms with Gasteiger partial charge < -0.3 is 16.9 Å². The minimum absolute atomic E-state index is 0.0859. The summed E-state index contributed by atoms with van der Waals surface area (Å²) in [5.74, 6) is 0.834. The summed E-state index contributed by atoms with van der Waals surface area (Å²) in [6, 6.07) is 4.09. The van der Waals surface area contributed by atoms with Gasteiger partial charge in [-0.3, -0.25) is 4.68 Å². The Balaban J connectivity index is 1.97. The van der Waals surface area contributed by atoms with E-state index in [9.17, 15) is 0 Å². The Labute approximate surface area is 115 Å². The van der Waals surface area contributed by atoms with Crippen molar-refractivity contribution in [2.24, 2.45) is 10.7 Å². The van der Waals surface area contributed by atoms with Crippen LogP contribution in [0.4, 0.5) is 11.6 Å². The standard InChI is InChI=1S/C13H15N7/c14-5-12(16)19-13-4-8(3-11(15)18-13)9-6-17-20(7-9)10-1-2-10/h3-7,10,14H,1-2H2,(H4,15,16,18,19). The number of hydrogen-bond acceptors (Lipinski definition) is 5. The number of nitrogens with zero attached hydrogens (tertiary/aromatic N) is 4. The fourth-order valence-corrected chi connectivity index (χ4v) is 1.95. The highest BCUT2D eigenvalue weighted by Gasteiger charge is 2.24. The predicted octanol–water partition coefficient (Wildman–Crippen LogP) is 1.50. The lowest BCUT2D eigenvalue weighted by atomic mass is 10.1. The van der Waals surface area contributed by atoms with Crippen LogP contribution in [0.25, 0.3) is 11.1 Å². The van der Waals surface area contributed by atoms with E-state index in [-0.39, 0.29) is 5.84 Å². The molecule has 1 saturated carbocycles. The van der Waals surface area contributed by atoms with Crippen molar-refractivity contribution in [1.82, 2.24) is 14.8 Å². The summed E-state index contributed by atoms with van der Waals surface area (Å²) >= 11 is 0. The molecule has 102 valence electrons. The molecule has 0 aromatic carbocycles. The molecule has 1 aliphatic rings. The molecule has 1 aliphatic carbocycles. The van der Waals surface area contributed by atoms with Gasteiger partial charge in [0.05, 0.1) is 18.5 Å². The van der Waals surface area contributed by atoms with Crippen LogP contribution in [0.2, 0.25) is 0 Å². The zero-order chi connectivity index (χ0) is 14.1. The van der Waals surface area contributed by atoms with E-state index in [0.717, 1.165) is 17.3 Å². The molecule has 0 bridgehead atoms. The van der Waals surface area contributed by atoms with Crippen molar-refractivity contribution < 1.29 is 0 Å². The molecule has 0 aliphatic heterocycles. The zero-order valence-corrected chi connectivity index (χ0v) is 10.8. The maximum Gasteiger partial charge on any atom is 0.157 e. The predicted molar refractivity (Wildman–Crippen MR) is 78.2 cm³/mol. The van der Waals surface area contributed by atoms with Crippen LogP contribution in [0.15, 0.2) is 29.5 Å². The topological polar surface area (TPSA) is 119 Å². The van der Waals surface area contributed by atoms with Crippen molar-refractivity contribution in [3.8, 4) is 11.1 Å². The fraction of sp³-hybridized carbons (Fsp3) is 0.231. The Kier molecular flexibility index (Phi) is 2.94. The SMILES string of the molecule is N=C/C(N)=N\c1cc(-c2cnn(C3CC3)c2)cc(N)n1. The van der Waals surface area contributed by atoms with Gasteiger partial charge in [0.15, 0.2) is 5.82 Å². The van der Waals surface area contributed by atoms with Crippen molar-refractivity contribution >= 4 is 23.7 Å². The number of nitrogens with one attached hydrogen (secondary N) is 1. The molecule has 0 radical (unpaired) electrons. The highest BCUT2D eigenvalue weighted by Crippen LogP contribution is 2.35. The van der Waals surface area contributed by atoms with Crippen LogP contribution in [0, 0.1) is 5.41 Å². The third-order valence-corrected chi connectivity index (χ3v) is 3.08. The molecule has 1 fully saturated rings. The van der Waals surface area contributed by atoms with Crippen molar-refractivity contribution in [2.75, 3.05) is 5.73 Å². The summed E-state index contributed by atoms with van der Waals surface area (Å²) in [6.45, 7) is 0. The summed E-state index contributed by atoms with van der Waals surface area (Å²) in [7, 11) is 0. The minimum Gasteiger partial charge on any atom is -0.384 e. The third-order valence-electron chi connectivity index (χ3n) is 3.08. The number of hydrogen-bond donors (Lipinski definition) is 3. The number of rotatable bonds is 4. The van der Waals surface area contributed by atoms with Gasteiger partial charge >= 0.3 is 0 Å². The summed E-state index contributed by atoms with van der Waals surface area (Å²) in [4.78, 5) is 8.09. The van der Waals surface area contributed by atoms with Gasteiger partial charge in [-0.15, -0.1) is 0 Å². The average Bonchev–Trinajstić information content (AvgIpc) is 3.15. The molecular weight excluding hydrogens is 254 g/mol. The maximum absolute atomic E-state index is 7.03. The van der Waals surface area contributed by atoms with Crippen LogP contribution in [0.3, 0.4) is 0 Å². The molecular formula is C13H15N7. The molecule has 0 saturated heterocycles. The van der Waals surface area contributed by atoms with Gasteiger partial charge in [-0.05, 0) is 30.5 Å². The van der Waals surface area contributed by atoms with Crippen LogP contribution >= 0.6 is 0 Å². The maximum atomic E-state index is 7.03. The molecule has 2 aromatic rings. The fourth-order valence-electron chi connectivity index (χ4n) is 1.95. The van der Waals surface area contributed by atoms with Crippen molar-refractivity contribution in [1.29, 1.82) is 5.41 Å². The molecule has 7 nitrogen and oxygen atoms in total. The van der Waals surface area contributed by atoms with Crippen LogP contribution in [0.1, 0.15) is 18.9 Å². The molecule has 2 heterocycles. The average molecular weight is 269 g/mol. The van der Waals surface area contributed by atoms with E-state index in [0.29, 0.717) is 17.7 Å². The second-order valence-electron chi connectivity index (χ2n) is 4.76.